The summed E-state index contributed by atoms with van der Waals surface area (Å²) in [6, 6.07) is 22.7. The van der Waals surface area contributed by atoms with Crippen molar-refractivity contribution in [1.82, 2.24) is 10.2 Å². The van der Waals surface area contributed by atoms with E-state index < -0.39 is 11.6 Å². The van der Waals surface area contributed by atoms with Crippen molar-refractivity contribution < 1.29 is 19.4 Å². The van der Waals surface area contributed by atoms with Crippen LogP contribution in [0.3, 0.4) is 0 Å². The van der Waals surface area contributed by atoms with Gasteiger partial charge in [0.25, 0.3) is 5.91 Å². The summed E-state index contributed by atoms with van der Waals surface area (Å²) in [5.74, 6) is 0.759. The molecule has 1 aliphatic heterocycles. The Bertz CT molecular complexity index is 1440. The van der Waals surface area contributed by atoms with Gasteiger partial charge in [-0.2, -0.15) is 0 Å². The second kappa shape index (κ2) is 15.5. The minimum atomic E-state index is -1.34. The number of ether oxygens (including phenoxy) is 2. The molecule has 43 heavy (non-hydrogen) atoms. The van der Waals surface area contributed by atoms with Crippen LogP contribution in [-0.2, 0) is 22.5 Å². The number of aliphatic imine (C=N–C) groups is 1. The summed E-state index contributed by atoms with van der Waals surface area (Å²) >= 11 is 3.50. The van der Waals surface area contributed by atoms with Gasteiger partial charge in [0.05, 0.1) is 13.2 Å². The van der Waals surface area contributed by atoms with Crippen molar-refractivity contribution in [2.75, 3.05) is 40.4 Å². The van der Waals surface area contributed by atoms with Crippen LogP contribution in [0.5, 0.6) is 5.75 Å². The third-order valence-corrected chi connectivity index (χ3v) is 7.66. The zero-order chi connectivity index (χ0) is 30.7. The molecule has 0 radical (unpaired) electrons. The molecule has 0 aromatic heterocycles. The maximum absolute atomic E-state index is 14.3. The molecule has 226 valence electrons. The van der Waals surface area contributed by atoms with E-state index in [1.54, 1.807) is 0 Å². The number of aliphatic hydroxyl groups is 1. The van der Waals surface area contributed by atoms with Crippen molar-refractivity contribution in [3.05, 3.63) is 110 Å². The number of aliphatic hydroxyl groups excluding tert-OH is 1. The van der Waals surface area contributed by atoms with Crippen LogP contribution in [-0.4, -0.2) is 67.7 Å². The predicted octanol–water partition coefficient (Wildman–Crippen LogP) is 5.59. The van der Waals surface area contributed by atoms with Gasteiger partial charge in [-0.1, -0.05) is 57.4 Å². The van der Waals surface area contributed by atoms with E-state index in [4.69, 9.17) is 25.1 Å². The number of nitrogens with one attached hydrogen (secondary N) is 1. The summed E-state index contributed by atoms with van der Waals surface area (Å²) in [6.45, 7) is 1.89. The molecule has 0 saturated carbocycles. The van der Waals surface area contributed by atoms with Gasteiger partial charge in [-0.3, -0.25) is 4.79 Å². The Labute approximate surface area is 260 Å². The number of nitrogens with zero attached hydrogens (tertiary/aromatic N) is 5. The molecular weight excluding hydrogens is 612 g/mol. The molecule has 0 fully saturated rings. The average Bonchev–Trinajstić information content (AvgIpc) is 3.40. The molecule has 0 spiro atoms. The molecule has 0 aliphatic carbocycles. The SMILES string of the molecule is CN(C)CCCNC(=O)[C@]1(Cc2ccc(Br)cc2)N=C(c2ccc(OCCCO)cc2)O[C@@H]1c1ccccc1CN=[N+]=[N-]. The van der Waals surface area contributed by atoms with Gasteiger partial charge in [-0.05, 0) is 85.7 Å². The number of azide groups is 1. The number of rotatable bonds is 15. The first-order valence-electron chi connectivity index (χ1n) is 14.2. The van der Waals surface area contributed by atoms with Crippen molar-refractivity contribution in [1.29, 1.82) is 0 Å². The highest BCUT2D eigenvalue weighted by Crippen LogP contribution is 2.44. The van der Waals surface area contributed by atoms with E-state index in [-0.39, 0.29) is 25.5 Å². The lowest BCUT2D eigenvalue weighted by Crippen LogP contribution is -2.50. The number of carbonyl (C=O) groups excluding carboxylic acids is 1. The van der Waals surface area contributed by atoms with E-state index in [1.807, 2.05) is 86.9 Å². The van der Waals surface area contributed by atoms with Crippen molar-refractivity contribution in [2.45, 2.75) is 37.5 Å². The lowest BCUT2D eigenvalue weighted by atomic mass is 9.80. The summed E-state index contributed by atoms with van der Waals surface area (Å²) in [4.78, 5) is 24.4. The first kappa shape index (κ1) is 32.0. The Morgan fingerprint density at radius 3 is 2.58 bits per heavy atom. The third-order valence-electron chi connectivity index (χ3n) is 7.13. The molecule has 1 aliphatic rings. The molecule has 0 saturated heterocycles. The van der Waals surface area contributed by atoms with Gasteiger partial charge >= 0.3 is 0 Å². The van der Waals surface area contributed by atoms with Crippen LogP contribution in [0.1, 0.15) is 41.2 Å². The number of hydrogen-bond donors (Lipinski definition) is 2. The highest BCUT2D eigenvalue weighted by Gasteiger charge is 2.53. The quantitative estimate of drug-likeness (QED) is 0.0960. The van der Waals surface area contributed by atoms with E-state index in [0.717, 1.165) is 34.1 Å². The van der Waals surface area contributed by atoms with Crippen LogP contribution in [0.15, 0.2) is 87.4 Å². The van der Waals surface area contributed by atoms with Gasteiger partial charge in [0.1, 0.15) is 5.75 Å². The lowest BCUT2D eigenvalue weighted by Gasteiger charge is -2.32. The lowest BCUT2D eigenvalue weighted by molar-refractivity contribution is -0.129. The zero-order valence-electron chi connectivity index (χ0n) is 24.4. The summed E-state index contributed by atoms with van der Waals surface area (Å²) in [5.41, 5.74) is 10.8. The van der Waals surface area contributed by atoms with Crippen LogP contribution in [0, 0.1) is 0 Å². The largest absolute Gasteiger partial charge is 0.494 e. The van der Waals surface area contributed by atoms with Gasteiger partial charge in [0, 0.05) is 40.9 Å². The van der Waals surface area contributed by atoms with Gasteiger partial charge in [-0.15, -0.1) is 0 Å². The van der Waals surface area contributed by atoms with Crippen molar-refractivity contribution in [2.24, 2.45) is 10.1 Å². The van der Waals surface area contributed by atoms with Gasteiger partial charge < -0.3 is 24.8 Å². The number of carbonyl (C=O) groups is 1. The number of halogens is 1. The first-order chi connectivity index (χ1) is 20.9. The molecule has 1 amide bonds. The molecule has 4 rings (SSSR count). The highest BCUT2D eigenvalue weighted by atomic mass is 79.9. The second-order valence-corrected chi connectivity index (χ2v) is 11.5. The van der Waals surface area contributed by atoms with Crippen LogP contribution >= 0.6 is 15.9 Å². The van der Waals surface area contributed by atoms with Crippen molar-refractivity contribution in [3.63, 3.8) is 0 Å². The van der Waals surface area contributed by atoms with E-state index >= 15 is 0 Å². The molecule has 2 N–H and O–H groups in total. The third kappa shape index (κ3) is 8.36. The van der Waals surface area contributed by atoms with Crippen molar-refractivity contribution in [3.8, 4) is 5.75 Å². The maximum atomic E-state index is 14.3. The molecule has 10 nitrogen and oxygen atoms in total. The Morgan fingerprint density at radius 2 is 1.88 bits per heavy atom. The summed E-state index contributed by atoms with van der Waals surface area (Å²) < 4.78 is 13.3. The monoisotopic (exact) mass is 648 g/mol. The molecule has 3 aromatic carbocycles. The zero-order valence-corrected chi connectivity index (χ0v) is 26.0. The topological polar surface area (TPSA) is 132 Å². The minimum Gasteiger partial charge on any atom is -0.494 e. The molecule has 2 atom stereocenters. The van der Waals surface area contributed by atoms with Crippen LogP contribution in [0.25, 0.3) is 10.4 Å². The van der Waals surface area contributed by atoms with Crippen LogP contribution in [0.4, 0.5) is 0 Å². The van der Waals surface area contributed by atoms with E-state index in [9.17, 15) is 4.79 Å². The first-order valence-corrected chi connectivity index (χ1v) is 15.0. The van der Waals surface area contributed by atoms with Gasteiger partial charge in [-0.25, -0.2) is 4.99 Å². The Kier molecular flexibility index (Phi) is 11.6. The average molecular weight is 650 g/mol. The fourth-order valence-electron chi connectivity index (χ4n) is 4.96. The molecule has 11 heteroatoms. The van der Waals surface area contributed by atoms with E-state index in [0.29, 0.717) is 36.8 Å². The standard InChI is InChI=1S/C32H37BrN6O4/c1-39(2)18-5-17-35-31(41)32(21-23-9-13-26(33)14-10-23)29(28-8-4-3-7-25(28)22-36-38-34)43-30(37-32)24-11-15-27(16-12-24)42-20-6-19-40/h3-4,7-16,29,40H,5-6,17-22H2,1-2H3,(H,35,41)/t29-,32-/m1/s1. The number of amides is 1. The van der Waals surface area contributed by atoms with E-state index in [1.165, 1.54) is 0 Å². The Balaban J connectivity index is 1.79. The van der Waals surface area contributed by atoms with E-state index in [2.05, 4.69) is 36.2 Å². The van der Waals surface area contributed by atoms with Gasteiger partial charge in [0.2, 0.25) is 5.90 Å². The summed E-state index contributed by atoms with van der Waals surface area (Å²) in [7, 11) is 4.00. The van der Waals surface area contributed by atoms with Crippen molar-refractivity contribution >= 4 is 27.7 Å². The summed E-state index contributed by atoms with van der Waals surface area (Å²) in [6.07, 6.45) is 0.814. The maximum Gasteiger partial charge on any atom is 0.252 e. The normalized spacial score (nSPS) is 17.6. The van der Waals surface area contributed by atoms with Crippen LogP contribution < -0.4 is 10.1 Å². The number of hydrogen-bond acceptors (Lipinski definition) is 7. The predicted molar refractivity (Wildman–Crippen MR) is 170 cm³/mol. The van der Waals surface area contributed by atoms with Gasteiger partial charge in [0.15, 0.2) is 11.6 Å². The smallest absolute Gasteiger partial charge is 0.252 e. The van der Waals surface area contributed by atoms with Crippen LogP contribution in [0.2, 0.25) is 0 Å². The minimum absolute atomic E-state index is 0.0585. The molecule has 0 bridgehead atoms. The second-order valence-electron chi connectivity index (χ2n) is 10.6. The Hall–Kier alpha value is -3.89. The Morgan fingerprint density at radius 1 is 1.14 bits per heavy atom. The summed E-state index contributed by atoms with van der Waals surface area (Å²) in [5, 5.41) is 16.0. The number of benzene rings is 3. The highest BCUT2D eigenvalue weighted by molar-refractivity contribution is 9.10. The fourth-order valence-corrected chi connectivity index (χ4v) is 5.23. The molecular formula is C32H37BrN6O4. The molecule has 1 heterocycles. The molecule has 3 aromatic rings. The fraction of sp³-hybridized carbons (Fsp3) is 0.375. The molecule has 0 unspecified atom stereocenters.